The molecule has 1 aliphatic rings. The number of nitrogens with zero attached hydrogens (tertiary/aromatic N) is 2. The van der Waals surface area contributed by atoms with Gasteiger partial charge in [-0.25, -0.2) is 0 Å². The van der Waals surface area contributed by atoms with E-state index in [0.29, 0.717) is 12.5 Å². The van der Waals surface area contributed by atoms with Gasteiger partial charge in [0.25, 0.3) is 0 Å². The van der Waals surface area contributed by atoms with Crippen LogP contribution >= 0.6 is 0 Å². The third-order valence-electron chi connectivity index (χ3n) is 5.95. The average Bonchev–Trinajstić information content (AvgIpc) is 2.86. The van der Waals surface area contributed by atoms with Crippen molar-refractivity contribution in [3.05, 3.63) is 89.6 Å². The molecule has 0 amide bonds. The summed E-state index contributed by atoms with van der Waals surface area (Å²) in [7, 11) is 1.81. The summed E-state index contributed by atoms with van der Waals surface area (Å²) in [6, 6.07) is 23.2. The van der Waals surface area contributed by atoms with E-state index in [-0.39, 0.29) is 6.10 Å². The van der Waals surface area contributed by atoms with Crippen LogP contribution in [0.5, 0.6) is 0 Å². The lowest BCUT2D eigenvalue weighted by atomic mass is 9.89. The normalized spacial score (nSPS) is 18.9. The van der Waals surface area contributed by atoms with Gasteiger partial charge in [-0.05, 0) is 49.1 Å². The average molecular weight is 429 g/mol. The molecule has 2 aromatic carbocycles. The molecule has 1 aliphatic heterocycles. The van der Waals surface area contributed by atoms with Crippen molar-refractivity contribution in [2.24, 2.45) is 10.9 Å². The standard InChI is InChI=1S/C27H32N4O/c1-20-11-13-22(14-12-20)26-24(9-6-16-32-26)19-31-27(28-2)30-18-21-7-5-8-23(17-21)25-10-3-4-15-29-25/h3-5,7-8,10-15,17,24,26H,6,9,16,18-19H2,1-2H3,(H2,28,30,31). The SMILES string of the molecule is CN=C(NCc1cccc(-c2ccccn2)c1)NCC1CCCOC1c1ccc(C)cc1. The van der Waals surface area contributed by atoms with E-state index >= 15 is 0 Å². The van der Waals surface area contributed by atoms with E-state index < -0.39 is 0 Å². The number of guanidine groups is 1. The van der Waals surface area contributed by atoms with Crippen molar-refractivity contribution in [3.63, 3.8) is 0 Å². The van der Waals surface area contributed by atoms with Gasteiger partial charge in [-0.15, -0.1) is 0 Å². The summed E-state index contributed by atoms with van der Waals surface area (Å²) in [4.78, 5) is 8.87. The molecule has 0 bridgehead atoms. The van der Waals surface area contributed by atoms with Crippen molar-refractivity contribution in [3.8, 4) is 11.3 Å². The van der Waals surface area contributed by atoms with E-state index in [9.17, 15) is 0 Å². The molecule has 2 unspecified atom stereocenters. The van der Waals surface area contributed by atoms with Crippen LogP contribution < -0.4 is 10.6 Å². The van der Waals surface area contributed by atoms with Crippen molar-refractivity contribution in [1.82, 2.24) is 15.6 Å². The van der Waals surface area contributed by atoms with Crippen LogP contribution in [-0.2, 0) is 11.3 Å². The van der Waals surface area contributed by atoms with Gasteiger partial charge in [-0.2, -0.15) is 0 Å². The molecule has 0 aliphatic carbocycles. The number of aryl methyl sites for hydroxylation is 1. The number of ether oxygens (including phenoxy) is 1. The Morgan fingerprint density at radius 2 is 1.94 bits per heavy atom. The second-order valence-electron chi connectivity index (χ2n) is 8.33. The summed E-state index contributed by atoms with van der Waals surface area (Å²) in [6.07, 6.45) is 4.20. The summed E-state index contributed by atoms with van der Waals surface area (Å²) < 4.78 is 6.16. The van der Waals surface area contributed by atoms with Gasteiger partial charge in [0.1, 0.15) is 0 Å². The maximum absolute atomic E-state index is 6.16. The molecule has 4 rings (SSSR count). The molecule has 166 valence electrons. The minimum Gasteiger partial charge on any atom is -0.373 e. The Balaban J connectivity index is 1.34. The van der Waals surface area contributed by atoms with E-state index in [1.165, 1.54) is 16.7 Å². The lowest BCUT2D eigenvalue weighted by Gasteiger charge is -2.32. The molecule has 5 heteroatoms. The molecule has 3 aromatic rings. The highest BCUT2D eigenvalue weighted by Crippen LogP contribution is 2.33. The molecular weight excluding hydrogens is 396 g/mol. The minimum absolute atomic E-state index is 0.130. The van der Waals surface area contributed by atoms with E-state index in [2.05, 4.69) is 76.1 Å². The van der Waals surface area contributed by atoms with Crippen molar-refractivity contribution >= 4 is 5.96 Å². The zero-order valence-electron chi connectivity index (χ0n) is 18.9. The Hall–Kier alpha value is -3.18. The summed E-state index contributed by atoms with van der Waals surface area (Å²) in [5.74, 6) is 1.22. The first kappa shape index (κ1) is 22.0. The zero-order chi connectivity index (χ0) is 22.2. The lowest BCUT2D eigenvalue weighted by molar-refractivity contribution is -0.0265. The highest BCUT2D eigenvalue weighted by atomic mass is 16.5. The summed E-state index contributed by atoms with van der Waals surface area (Å²) >= 11 is 0. The Morgan fingerprint density at radius 1 is 1.06 bits per heavy atom. The summed E-state index contributed by atoms with van der Waals surface area (Å²) in [5.41, 5.74) is 5.83. The third-order valence-corrected chi connectivity index (χ3v) is 5.95. The highest BCUT2D eigenvalue weighted by molar-refractivity contribution is 5.79. The lowest BCUT2D eigenvalue weighted by Crippen LogP contribution is -2.41. The fourth-order valence-electron chi connectivity index (χ4n) is 4.19. The molecule has 0 radical (unpaired) electrons. The molecule has 2 N–H and O–H groups in total. The van der Waals surface area contributed by atoms with Crippen molar-refractivity contribution in [2.45, 2.75) is 32.4 Å². The first-order valence-corrected chi connectivity index (χ1v) is 11.4. The first-order valence-electron chi connectivity index (χ1n) is 11.4. The van der Waals surface area contributed by atoms with Crippen LogP contribution in [0, 0.1) is 12.8 Å². The largest absolute Gasteiger partial charge is 0.373 e. The van der Waals surface area contributed by atoms with Gasteiger partial charge in [-0.3, -0.25) is 9.98 Å². The number of nitrogens with one attached hydrogen (secondary N) is 2. The number of rotatable bonds is 6. The predicted molar refractivity (Wildman–Crippen MR) is 130 cm³/mol. The van der Waals surface area contributed by atoms with E-state index in [0.717, 1.165) is 43.2 Å². The fourth-order valence-corrected chi connectivity index (χ4v) is 4.19. The van der Waals surface area contributed by atoms with Gasteiger partial charge in [0.05, 0.1) is 11.8 Å². The van der Waals surface area contributed by atoms with Crippen LogP contribution in [0.3, 0.4) is 0 Å². The molecule has 2 heterocycles. The molecule has 32 heavy (non-hydrogen) atoms. The zero-order valence-corrected chi connectivity index (χ0v) is 18.9. The quantitative estimate of drug-likeness (QED) is 0.434. The smallest absolute Gasteiger partial charge is 0.191 e. The van der Waals surface area contributed by atoms with E-state index in [1.807, 2.05) is 31.4 Å². The fraction of sp³-hybridized carbons (Fsp3) is 0.333. The van der Waals surface area contributed by atoms with Gasteiger partial charge in [-0.1, -0.05) is 54.1 Å². The highest BCUT2D eigenvalue weighted by Gasteiger charge is 2.27. The van der Waals surface area contributed by atoms with Crippen molar-refractivity contribution in [2.75, 3.05) is 20.2 Å². The van der Waals surface area contributed by atoms with Crippen molar-refractivity contribution < 1.29 is 4.74 Å². The number of aromatic nitrogens is 1. The van der Waals surface area contributed by atoms with Crippen LogP contribution in [0.25, 0.3) is 11.3 Å². The Morgan fingerprint density at radius 3 is 2.72 bits per heavy atom. The molecule has 1 saturated heterocycles. The van der Waals surface area contributed by atoms with Gasteiger partial charge in [0.15, 0.2) is 5.96 Å². The van der Waals surface area contributed by atoms with E-state index in [4.69, 9.17) is 4.74 Å². The Kier molecular flexibility index (Phi) is 7.51. The molecular formula is C27H32N4O. The second-order valence-corrected chi connectivity index (χ2v) is 8.33. The summed E-state index contributed by atoms with van der Waals surface area (Å²) in [6.45, 7) is 4.47. The maximum Gasteiger partial charge on any atom is 0.191 e. The van der Waals surface area contributed by atoms with Gasteiger partial charge in [0, 0.05) is 44.4 Å². The van der Waals surface area contributed by atoms with Crippen LogP contribution in [0.15, 0.2) is 77.9 Å². The predicted octanol–water partition coefficient (Wildman–Crippen LogP) is 4.89. The van der Waals surface area contributed by atoms with Crippen LogP contribution in [-0.4, -0.2) is 31.1 Å². The number of aliphatic imine (C=N–C) groups is 1. The molecule has 1 aromatic heterocycles. The molecule has 0 spiro atoms. The monoisotopic (exact) mass is 428 g/mol. The third kappa shape index (κ3) is 5.74. The van der Waals surface area contributed by atoms with E-state index in [1.54, 1.807) is 0 Å². The molecule has 5 nitrogen and oxygen atoms in total. The topological polar surface area (TPSA) is 58.5 Å². The Labute approximate surface area is 191 Å². The van der Waals surface area contributed by atoms with Gasteiger partial charge in [0.2, 0.25) is 0 Å². The Bertz CT molecular complexity index is 1020. The first-order chi connectivity index (χ1) is 15.7. The second kappa shape index (κ2) is 10.9. The van der Waals surface area contributed by atoms with Crippen LogP contribution in [0.1, 0.15) is 35.6 Å². The molecule has 2 atom stereocenters. The summed E-state index contributed by atoms with van der Waals surface area (Å²) in [5, 5.41) is 6.96. The minimum atomic E-state index is 0.130. The van der Waals surface area contributed by atoms with Gasteiger partial charge >= 0.3 is 0 Å². The molecule has 0 saturated carbocycles. The van der Waals surface area contributed by atoms with Crippen molar-refractivity contribution in [1.29, 1.82) is 0 Å². The van der Waals surface area contributed by atoms with Gasteiger partial charge < -0.3 is 15.4 Å². The maximum atomic E-state index is 6.16. The van der Waals surface area contributed by atoms with Crippen LogP contribution in [0.2, 0.25) is 0 Å². The number of benzene rings is 2. The number of hydrogen-bond acceptors (Lipinski definition) is 3. The van der Waals surface area contributed by atoms with Crippen LogP contribution in [0.4, 0.5) is 0 Å². The number of hydrogen-bond donors (Lipinski definition) is 2. The molecule has 1 fully saturated rings. The number of pyridine rings is 1.